The van der Waals surface area contributed by atoms with Crippen LogP contribution in [0.5, 0.6) is 5.75 Å². The molecular formula is C21H20N4O2. The van der Waals surface area contributed by atoms with Crippen LogP contribution in [-0.2, 0) is 18.3 Å². The highest BCUT2D eigenvalue weighted by molar-refractivity contribution is 6.03. The lowest BCUT2D eigenvalue weighted by Crippen LogP contribution is -2.15. The van der Waals surface area contributed by atoms with E-state index in [4.69, 9.17) is 9.72 Å². The van der Waals surface area contributed by atoms with E-state index in [0.29, 0.717) is 5.82 Å². The number of pyridine rings is 1. The van der Waals surface area contributed by atoms with Gasteiger partial charge in [-0.2, -0.15) is 5.10 Å². The van der Waals surface area contributed by atoms with Gasteiger partial charge in [-0.1, -0.05) is 24.3 Å². The van der Waals surface area contributed by atoms with E-state index in [9.17, 15) is 4.79 Å². The molecule has 0 atom stereocenters. The highest BCUT2D eigenvalue weighted by Gasteiger charge is 2.14. The molecule has 0 aliphatic heterocycles. The van der Waals surface area contributed by atoms with Crippen LogP contribution in [0, 0.1) is 6.92 Å². The molecule has 0 spiro atoms. The summed E-state index contributed by atoms with van der Waals surface area (Å²) in [6.07, 6.45) is 0.266. The first-order chi connectivity index (χ1) is 13.0. The van der Waals surface area contributed by atoms with Crippen molar-refractivity contribution in [2.24, 2.45) is 7.05 Å². The maximum atomic E-state index is 12.5. The van der Waals surface area contributed by atoms with Gasteiger partial charge >= 0.3 is 0 Å². The van der Waals surface area contributed by atoms with Crippen molar-refractivity contribution in [2.45, 2.75) is 13.3 Å². The first kappa shape index (κ1) is 17.0. The van der Waals surface area contributed by atoms with Gasteiger partial charge in [0.2, 0.25) is 5.91 Å². The van der Waals surface area contributed by atoms with E-state index in [0.717, 1.165) is 38.8 Å². The second-order valence-electron chi connectivity index (χ2n) is 6.60. The summed E-state index contributed by atoms with van der Waals surface area (Å²) in [6, 6.07) is 15.6. The summed E-state index contributed by atoms with van der Waals surface area (Å²) in [6.45, 7) is 2.04. The fraction of sp³-hybridized carbons (Fsp3) is 0.190. The molecule has 4 rings (SSSR count). The molecule has 2 aromatic heterocycles. The van der Waals surface area contributed by atoms with Crippen molar-refractivity contribution < 1.29 is 9.53 Å². The average Bonchev–Trinajstić information content (AvgIpc) is 2.95. The molecule has 0 fully saturated rings. The van der Waals surface area contributed by atoms with Crippen molar-refractivity contribution in [3.05, 3.63) is 59.7 Å². The van der Waals surface area contributed by atoms with Crippen LogP contribution < -0.4 is 10.1 Å². The summed E-state index contributed by atoms with van der Waals surface area (Å²) >= 11 is 0. The number of ether oxygens (including phenoxy) is 1. The summed E-state index contributed by atoms with van der Waals surface area (Å²) in [5.41, 5.74) is 3.73. The zero-order valence-electron chi connectivity index (χ0n) is 15.5. The number of carbonyl (C=O) groups excluding carboxylic acids is 1. The lowest BCUT2D eigenvalue weighted by molar-refractivity contribution is -0.115. The van der Waals surface area contributed by atoms with Gasteiger partial charge in [0.25, 0.3) is 0 Å². The third-order valence-corrected chi connectivity index (χ3v) is 4.55. The van der Waals surface area contributed by atoms with Crippen LogP contribution in [0.3, 0.4) is 0 Å². The average molecular weight is 360 g/mol. The molecule has 6 nitrogen and oxygen atoms in total. The number of benzene rings is 2. The van der Waals surface area contributed by atoms with Crippen LogP contribution in [0.15, 0.2) is 48.5 Å². The number of nitrogens with zero attached hydrogens (tertiary/aromatic N) is 3. The molecule has 0 aliphatic rings. The lowest BCUT2D eigenvalue weighted by Gasteiger charge is -2.05. The number of carbonyl (C=O) groups is 1. The zero-order valence-corrected chi connectivity index (χ0v) is 15.5. The predicted octanol–water partition coefficient (Wildman–Crippen LogP) is 3.62. The van der Waals surface area contributed by atoms with E-state index >= 15 is 0 Å². The van der Waals surface area contributed by atoms with E-state index in [1.54, 1.807) is 11.8 Å². The maximum absolute atomic E-state index is 12.5. The monoisotopic (exact) mass is 360 g/mol. The summed E-state index contributed by atoms with van der Waals surface area (Å²) in [5.74, 6) is 1.17. The molecule has 0 bridgehead atoms. The number of aryl methyl sites for hydroxylation is 2. The normalized spacial score (nSPS) is 11.1. The number of hydrogen-bond acceptors (Lipinski definition) is 4. The quantitative estimate of drug-likeness (QED) is 0.603. The Morgan fingerprint density at radius 2 is 1.93 bits per heavy atom. The second-order valence-corrected chi connectivity index (χ2v) is 6.60. The Labute approximate surface area is 156 Å². The number of hydrogen-bond donors (Lipinski definition) is 1. The molecule has 2 aromatic carbocycles. The Bertz CT molecular complexity index is 1150. The summed E-state index contributed by atoms with van der Waals surface area (Å²) < 4.78 is 6.84. The summed E-state index contributed by atoms with van der Waals surface area (Å²) in [4.78, 5) is 17.2. The maximum Gasteiger partial charge on any atom is 0.230 e. The Hall–Kier alpha value is -3.41. The van der Waals surface area contributed by atoms with Gasteiger partial charge < -0.3 is 10.1 Å². The molecule has 0 saturated carbocycles. The minimum atomic E-state index is -0.121. The number of aromatic nitrogens is 3. The van der Waals surface area contributed by atoms with E-state index in [-0.39, 0.29) is 12.3 Å². The third kappa shape index (κ3) is 3.33. The van der Waals surface area contributed by atoms with Gasteiger partial charge in [0.1, 0.15) is 5.75 Å². The highest BCUT2D eigenvalue weighted by Crippen LogP contribution is 2.26. The molecule has 0 radical (unpaired) electrons. The van der Waals surface area contributed by atoms with Crippen molar-refractivity contribution in [1.29, 1.82) is 0 Å². The van der Waals surface area contributed by atoms with Gasteiger partial charge in [-0.15, -0.1) is 0 Å². The van der Waals surface area contributed by atoms with Crippen LogP contribution in [0.4, 0.5) is 5.82 Å². The van der Waals surface area contributed by atoms with Crippen molar-refractivity contribution in [3.63, 3.8) is 0 Å². The number of methoxy groups -OCH3 is 1. The number of amides is 1. The molecule has 0 saturated heterocycles. The van der Waals surface area contributed by atoms with Crippen LogP contribution in [-0.4, -0.2) is 27.8 Å². The number of fused-ring (bicyclic) bond motifs is 2. The zero-order chi connectivity index (χ0) is 19.0. The number of anilines is 1. The van der Waals surface area contributed by atoms with Gasteiger partial charge in [-0.3, -0.25) is 4.79 Å². The first-order valence-electron chi connectivity index (χ1n) is 8.70. The number of rotatable bonds is 4. The van der Waals surface area contributed by atoms with E-state index in [1.165, 1.54) is 0 Å². The molecule has 4 aromatic rings. The highest BCUT2D eigenvalue weighted by atomic mass is 16.5. The topological polar surface area (TPSA) is 69.0 Å². The minimum Gasteiger partial charge on any atom is -0.497 e. The van der Waals surface area contributed by atoms with Gasteiger partial charge in [0, 0.05) is 12.4 Å². The molecule has 6 heteroatoms. The lowest BCUT2D eigenvalue weighted by atomic mass is 10.1. The Balaban J connectivity index is 1.62. The van der Waals surface area contributed by atoms with Gasteiger partial charge in [-0.05, 0) is 42.3 Å². The molecule has 1 amide bonds. The fourth-order valence-electron chi connectivity index (χ4n) is 3.14. The fourth-order valence-corrected chi connectivity index (χ4v) is 3.14. The SMILES string of the molecule is COc1ccc(CC(=O)Nc2nn(C)c3nc4cc(C)ccc4cc23)cc1. The molecule has 1 N–H and O–H groups in total. The van der Waals surface area contributed by atoms with Gasteiger partial charge in [0.05, 0.1) is 24.4 Å². The van der Waals surface area contributed by atoms with Crippen LogP contribution in [0.25, 0.3) is 21.9 Å². The van der Waals surface area contributed by atoms with Gasteiger partial charge in [-0.25, -0.2) is 9.67 Å². The van der Waals surface area contributed by atoms with Crippen molar-refractivity contribution in [1.82, 2.24) is 14.8 Å². The van der Waals surface area contributed by atoms with Gasteiger partial charge in [0.15, 0.2) is 11.5 Å². The van der Waals surface area contributed by atoms with Crippen LogP contribution in [0.1, 0.15) is 11.1 Å². The second kappa shape index (κ2) is 6.72. The van der Waals surface area contributed by atoms with Crippen LogP contribution >= 0.6 is 0 Å². The van der Waals surface area contributed by atoms with Crippen molar-refractivity contribution in [2.75, 3.05) is 12.4 Å². The van der Waals surface area contributed by atoms with E-state index < -0.39 is 0 Å². The molecule has 2 heterocycles. The smallest absolute Gasteiger partial charge is 0.230 e. The Morgan fingerprint density at radius 3 is 2.67 bits per heavy atom. The molecule has 27 heavy (non-hydrogen) atoms. The van der Waals surface area contributed by atoms with Crippen molar-refractivity contribution >= 4 is 33.7 Å². The minimum absolute atomic E-state index is 0.121. The van der Waals surface area contributed by atoms with E-state index in [2.05, 4.69) is 10.4 Å². The summed E-state index contributed by atoms with van der Waals surface area (Å²) in [7, 11) is 3.45. The number of nitrogens with one attached hydrogen (secondary N) is 1. The largest absolute Gasteiger partial charge is 0.497 e. The van der Waals surface area contributed by atoms with Crippen molar-refractivity contribution in [3.8, 4) is 5.75 Å². The Kier molecular flexibility index (Phi) is 4.24. The summed E-state index contributed by atoms with van der Waals surface area (Å²) in [5, 5.41) is 9.21. The first-order valence-corrected chi connectivity index (χ1v) is 8.70. The van der Waals surface area contributed by atoms with Crippen LogP contribution in [0.2, 0.25) is 0 Å². The molecule has 136 valence electrons. The standard InChI is InChI=1S/C21H20N4O2/c1-13-4-7-15-12-17-20(24-25(2)21(17)22-18(15)10-13)23-19(26)11-14-5-8-16(27-3)9-6-14/h4-10,12H,11H2,1-3H3,(H,23,24,26). The van der Waals surface area contributed by atoms with E-state index in [1.807, 2.05) is 62.5 Å². The predicted molar refractivity (Wildman–Crippen MR) is 106 cm³/mol. The third-order valence-electron chi connectivity index (χ3n) is 4.55. The molecule has 0 unspecified atom stereocenters. The molecule has 0 aliphatic carbocycles. The molecular weight excluding hydrogens is 340 g/mol. The Morgan fingerprint density at radius 1 is 1.15 bits per heavy atom.